The van der Waals surface area contributed by atoms with Crippen LogP contribution in [-0.2, 0) is 6.42 Å². The topological polar surface area (TPSA) is 29.3 Å². The monoisotopic (exact) mass is 322 g/mol. The maximum atomic E-state index is 6.30. The Kier molecular flexibility index (Phi) is 6.07. The zero-order valence-corrected chi connectivity index (χ0v) is 13.6. The van der Waals surface area contributed by atoms with E-state index < -0.39 is 0 Å². The Morgan fingerprint density at radius 3 is 2.43 bits per heavy atom. The third-order valence-corrected chi connectivity index (χ3v) is 4.24. The lowest BCUT2D eigenvalue weighted by atomic mass is 10.0. The molecule has 1 unspecified atom stereocenters. The van der Waals surface area contributed by atoms with Gasteiger partial charge in [0, 0.05) is 29.2 Å². The van der Waals surface area contributed by atoms with Crippen molar-refractivity contribution in [1.29, 1.82) is 0 Å². The summed E-state index contributed by atoms with van der Waals surface area (Å²) in [5.74, 6) is 0. The molecule has 0 spiro atoms. The Balaban J connectivity index is 2.06. The van der Waals surface area contributed by atoms with Crippen molar-refractivity contribution in [2.75, 3.05) is 20.1 Å². The normalized spacial score (nSPS) is 12.6. The predicted molar refractivity (Wildman–Crippen MR) is 91.0 cm³/mol. The lowest BCUT2D eigenvalue weighted by molar-refractivity contribution is 0.253. The Morgan fingerprint density at radius 1 is 1.10 bits per heavy atom. The van der Waals surface area contributed by atoms with Crippen LogP contribution in [0, 0.1) is 0 Å². The molecule has 1 atom stereocenters. The van der Waals surface area contributed by atoms with E-state index in [1.54, 1.807) is 6.07 Å². The number of nitrogens with two attached hydrogens (primary N) is 1. The van der Waals surface area contributed by atoms with Gasteiger partial charge in [0.1, 0.15) is 0 Å². The van der Waals surface area contributed by atoms with Gasteiger partial charge in [-0.1, -0.05) is 59.6 Å². The average Bonchev–Trinajstić information content (AvgIpc) is 2.49. The maximum absolute atomic E-state index is 6.30. The van der Waals surface area contributed by atoms with Crippen LogP contribution in [0.4, 0.5) is 0 Å². The molecule has 2 aromatic rings. The van der Waals surface area contributed by atoms with Crippen molar-refractivity contribution >= 4 is 23.2 Å². The van der Waals surface area contributed by atoms with Gasteiger partial charge in [-0.3, -0.25) is 4.90 Å². The number of likely N-dealkylation sites (N-methyl/N-ethyl adjacent to an activating group) is 1. The van der Waals surface area contributed by atoms with Crippen molar-refractivity contribution in [3.8, 4) is 0 Å². The molecule has 0 radical (unpaired) electrons. The first kappa shape index (κ1) is 16.3. The molecular formula is C17H20Cl2N2. The standard InChI is InChI=1S/C17H20Cl2N2/c1-21(10-9-13-5-3-2-4-6-13)17(12-20)15-8-7-14(18)11-16(15)19/h2-8,11,17H,9-10,12,20H2,1H3. The lowest BCUT2D eigenvalue weighted by Crippen LogP contribution is -2.32. The first-order valence-corrected chi connectivity index (χ1v) is 7.76. The molecule has 0 aromatic heterocycles. The van der Waals surface area contributed by atoms with E-state index in [4.69, 9.17) is 28.9 Å². The van der Waals surface area contributed by atoms with Gasteiger partial charge < -0.3 is 5.73 Å². The number of nitrogens with zero attached hydrogens (tertiary/aromatic N) is 1. The van der Waals surface area contributed by atoms with Crippen LogP contribution in [0.25, 0.3) is 0 Å². The Morgan fingerprint density at radius 2 is 1.81 bits per heavy atom. The van der Waals surface area contributed by atoms with Gasteiger partial charge in [0.25, 0.3) is 0 Å². The van der Waals surface area contributed by atoms with E-state index in [1.165, 1.54) is 5.56 Å². The summed E-state index contributed by atoms with van der Waals surface area (Å²) in [7, 11) is 2.07. The summed E-state index contributed by atoms with van der Waals surface area (Å²) in [6.07, 6.45) is 0.985. The van der Waals surface area contributed by atoms with Gasteiger partial charge >= 0.3 is 0 Å². The number of halogens is 2. The molecule has 0 saturated heterocycles. The highest BCUT2D eigenvalue weighted by Crippen LogP contribution is 2.28. The van der Waals surface area contributed by atoms with Gasteiger partial charge in [-0.05, 0) is 36.7 Å². The minimum atomic E-state index is 0.0958. The first-order chi connectivity index (χ1) is 10.1. The summed E-state index contributed by atoms with van der Waals surface area (Å²) in [6, 6.07) is 16.1. The van der Waals surface area contributed by atoms with Gasteiger partial charge in [-0.15, -0.1) is 0 Å². The summed E-state index contributed by atoms with van der Waals surface area (Å²) >= 11 is 12.3. The highest BCUT2D eigenvalue weighted by atomic mass is 35.5. The van der Waals surface area contributed by atoms with Crippen LogP contribution in [-0.4, -0.2) is 25.0 Å². The molecule has 0 aliphatic carbocycles. The predicted octanol–water partition coefficient (Wildman–Crippen LogP) is 4.17. The fourth-order valence-corrected chi connectivity index (χ4v) is 2.96. The smallest absolute Gasteiger partial charge is 0.0482 e. The van der Waals surface area contributed by atoms with E-state index >= 15 is 0 Å². The lowest BCUT2D eigenvalue weighted by Gasteiger charge is -2.28. The first-order valence-electron chi connectivity index (χ1n) is 7.01. The highest BCUT2D eigenvalue weighted by Gasteiger charge is 2.18. The number of hydrogen-bond acceptors (Lipinski definition) is 2. The van der Waals surface area contributed by atoms with Crippen molar-refractivity contribution in [1.82, 2.24) is 4.90 Å². The summed E-state index contributed by atoms with van der Waals surface area (Å²) in [5.41, 5.74) is 8.30. The molecule has 4 heteroatoms. The molecule has 112 valence electrons. The summed E-state index contributed by atoms with van der Waals surface area (Å²) in [4.78, 5) is 2.24. The van der Waals surface area contributed by atoms with Crippen LogP contribution in [0.5, 0.6) is 0 Å². The molecule has 0 bridgehead atoms. The van der Waals surface area contributed by atoms with Crippen LogP contribution < -0.4 is 5.73 Å². The molecule has 0 saturated carbocycles. The van der Waals surface area contributed by atoms with E-state index in [0.29, 0.717) is 16.6 Å². The summed E-state index contributed by atoms with van der Waals surface area (Å²) < 4.78 is 0. The third kappa shape index (κ3) is 4.45. The van der Waals surface area contributed by atoms with Crippen molar-refractivity contribution in [2.45, 2.75) is 12.5 Å². The van der Waals surface area contributed by atoms with E-state index in [0.717, 1.165) is 18.5 Å². The molecule has 21 heavy (non-hydrogen) atoms. The minimum Gasteiger partial charge on any atom is -0.329 e. The van der Waals surface area contributed by atoms with E-state index in [2.05, 4.69) is 36.2 Å². The molecule has 0 heterocycles. The van der Waals surface area contributed by atoms with Gasteiger partial charge in [-0.25, -0.2) is 0 Å². The molecule has 2 rings (SSSR count). The molecule has 2 aromatic carbocycles. The van der Waals surface area contributed by atoms with E-state index in [1.807, 2.05) is 18.2 Å². The second kappa shape index (κ2) is 7.81. The molecule has 0 amide bonds. The van der Waals surface area contributed by atoms with Gasteiger partial charge in [0.15, 0.2) is 0 Å². The van der Waals surface area contributed by atoms with Gasteiger partial charge in [-0.2, -0.15) is 0 Å². The number of benzene rings is 2. The third-order valence-electron chi connectivity index (χ3n) is 3.67. The van der Waals surface area contributed by atoms with E-state index in [-0.39, 0.29) is 6.04 Å². The fraction of sp³-hybridized carbons (Fsp3) is 0.294. The summed E-state index contributed by atoms with van der Waals surface area (Å²) in [5, 5.41) is 1.32. The van der Waals surface area contributed by atoms with Gasteiger partial charge in [0.2, 0.25) is 0 Å². The second-order valence-corrected chi connectivity index (χ2v) is 5.98. The molecule has 0 aliphatic heterocycles. The minimum absolute atomic E-state index is 0.0958. The number of rotatable bonds is 6. The zero-order chi connectivity index (χ0) is 15.2. The number of hydrogen-bond donors (Lipinski definition) is 1. The Bertz CT molecular complexity index is 572. The van der Waals surface area contributed by atoms with Crippen molar-refractivity contribution in [2.24, 2.45) is 5.73 Å². The van der Waals surface area contributed by atoms with Crippen molar-refractivity contribution in [3.63, 3.8) is 0 Å². The van der Waals surface area contributed by atoms with Crippen LogP contribution in [0.2, 0.25) is 10.0 Å². The molecular weight excluding hydrogens is 303 g/mol. The van der Waals surface area contributed by atoms with Gasteiger partial charge in [0.05, 0.1) is 0 Å². The van der Waals surface area contributed by atoms with Crippen LogP contribution in [0.3, 0.4) is 0 Å². The van der Waals surface area contributed by atoms with Crippen LogP contribution in [0.1, 0.15) is 17.2 Å². The fourth-order valence-electron chi connectivity index (χ4n) is 2.42. The Labute approximate surface area is 136 Å². The molecule has 2 N–H and O–H groups in total. The van der Waals surface area contributed by atoms with Crippen molar-refractivity contribution in [3.05, 3.63) is 69.7 Å². The highest BCUT2D eigenvalue weighted by molar-refractivity contribution is 6.35. The second-order valence-electron chi connectivity index (χ2n) is 5.13. The molecule has 0 fully saturated rings. The summed E-state index contributed by atoms with van der Waals surface area (Å²) in [6.45, 7) is 1.44. The van der Waals surface area contributed by atoms with E-state index in [9.17, 15) is 0 Å². The largest absolute Gasteiger partial charge is 0.329 e. The molecule has 2 nitrogen and oxygen atoms in total. The maximum Gasteiger partial charge on any atom is 0.0482 e. The quantitative estimate of drug-likeness (QED) is 0.864. The average molecular weight is 323 g/mol. The molecule has 0 aliphatic rings. The van der Waals surface area contributed by atoms with Crippen LogP contribution in [0.15, 0.2) is 48.5 Å². The SMILES string of the molecule is CN(CCc1ccccc1)C(CN)c1ccc(Cl)cc1Cl. The van der Waals surface area contributed by atoms with Crippen LogP contribution >= 0.6 is 23.2 Å². The Hall–Kier alpha value is -1.06. The van der Waals surface area contributed by atoms with Crippen molar-refractivity contribution < 1.29 is 0 Å². The zero-order valence-electron chi connectivity index (χ0n) is 12.1.